The topological polar surface area (TPSA) is 20.2 Å². The van der Waals surface area contributed by atoms with Gasteiger partial charge in [-0.15, -0.1) is 6.58 Å². The van der Waals surface area contributed by atoms with Crippen LogP contribution in [-0.2, 0) is 0 Å². The third-order valence-corrected chi connectivity index (χ3v) is 2.18. The van der Waals surface area contributed by atoms with Gasteiger partial charge in [0.25, 0.3) is 0 Å². The minimum atomic E-state index is -0.715. The summed E-state index contributed by atoms with van der Waals surface area (Å²) in [5.41, 5.74) is -0.823. The molecule has 1 unspecified atom stereocenters. The lowest BCUT2D eigenvalue weighted by molar-refractivity contribution is -0.0163. The number of rotatable bonds is 2. The summed E-state index contributed by atoms with van der Waals surface area (Å²) >= 11 is 0. The molecule has 0 aliphatic heterocycles. The van der Waals surface area contributed by atoms with Gasteiger partial charge in [-0.1, -0.05) is 33.8 Å². The molecule has 0 aromatic heterocycles. The fourth-order valence-corrected chi connectivity index (χ4v) is 0.981. The van der Waals surface area contributed by atoms with E-state index in [9.17, 15) is 5.11 Å². The van der Waals surface area contributed by atoms with E-state index < -0.39 is 5.60 Å². The van der Waals surface area contributed by atoms with Crippen LogP contribution in [0, 0.1) is 5.41 Å². The molecule has 0 aromatic carbocycles. The maximum atomic E-state index is 9.85. The second-order valence-electron chi connectivity index (χ2n) is 3.73. The molecule has 1 nitrogen and oxygen atoms in total. The predicted molar refractivity (Wildman–Crippen MR) is 44.9 cm³/mol. The average molecular weight is 142 g/mol. The molecule has 0 rings (SSSR count). The SMILES string of the molecule is C=CC(O)(CC)C(C)(C)C. The van der Waals surface area contributed by atoms with Gasteiger partial charge in [0.1, 0.15) is 0 Å². The highest BCUT2D eigenvalue weighted by Gasteiger charge is 2.34. The van der Waals surface area contributed by atoms with Crippen molar-refractivity contribution in [3.05, 3.63) is 12.7 Å². The maximum Gasteiger partial charge on any atom is 0.0870 e. The van der Waals surface area contributed by atoms with Crippen molar-refractivity contribution in [3.63, 3.8) is 0 Å². The van der Waals surface area contributed by atoms with Gasteiger partial charge in [0, 0.05) is 0 Å². The van der Waals surface area contributed by atoms with E-state index in [1.807, 2.05) is 27.7 Å². The Labute approximate surface area is 63.8 Å². The van der Waals surface area contributed by atoms with Crippen molar-refractivity contribution in [2.45, 2.75) is 39.7 Å². The number of aliphatic hydroxyl groups is 1. The van der Waals surface area contributed by atoms with Crippen molar-refractivity contribution in [1.29, 1.82) is 0 Å². The van der Waals surface area contributed by atoms with Crippen LogP contribution in [0.2, 0.25) is 0 Å². The second-order valence-corrected chi connectivity index (χ2v) is 3.73. The van der Waals surface area contributed by atoms with Crippen LogP contribution in [0.1, 0.15) is 34.1 Å². The third-order valence-electron chi connectivity index (χ3n) is 2.18. The van der Waals surface area contributed by atoms with Crippen LogP contribution in [0.25, 0.3) is 0 Å². The molecule has 0 aliphatic carbocycles. The normalized spacial score (nSPS) is 18.1. The first-order valence-corrected chi connectivity index (χ1v) is 3.73. The van der Waals surface area contributed by atoms with E-state index in [-0.39, 0.29) is 5.41 Å². The molecule has 0 bridgehead atoms. The Bertz CT molecular complexity index is 121. The molecule has 0 aromatic rings. The summed E-state index contributed by atoms with van der Waals surface area (Å²) in [4.78, 5) is 0. The monoisotopic (exact) mass is 142 g/mol. The van der Waals surface area contributed by atoms with E-state index in [4.69, 9.17) is 0 Å². The Kier molecular flexibility index (Phi) is 2.67. The number of hydrogen-bond acceptors (Lipinski definition) is 1. The van der Waals surface area contributed by atoms with Crippen LogP contribution in [0.3, 0.4) is 0 Å². The molecule has 0 radical (unpaired) electrons. The fourth-order valence-electron chi connectivity index (χ4n) is 0.981. The molecular weight excluding hydrogens is 124 g/mol. The highest BCUT2D eigenvalue weighted by molar-refractivity contribution is 5.02. The Morgan fingerprint density at radius 2 is 1.80 bits per heavy atom. The van der Waals surface area contributed by atoms with Crippen LogP contribution in [0.4, 0.5) is 0 Å². The van der Waals surface area contributed by atoms with Crippen LogP contribution < -0.4 is 0 Å². The zero-order valence-corrected chi connectivity index (χ0v) is 7.44. The summed E-state index contributed by atoms with van der Waals surface area (Å²) < 4.78 is 0. The molecule has 60 valence electrons. The van der Waals surface area contributed by atoms with Crippen LogP contribution in [0.15, 0.2) is 12.7 Å². The molecule has 1 N–H and O–H groups in total. The number of hydrogen-bond donors (Lipinski definition) is 1. The van der Waals surface area contributed by atoms with Crippen LogP contribution >= 0.6 is 0 Å². The maximum absolute atomic E-state index is 9.85. The van der Waals surface area contributed by atoms with E-state index in [0.29, 0.717) is 0 Å². The summed E-state index contributed by atoms with van der Waals surface area (Å²) in [5, 5.41) is 9.85. The molecule has 0 spiro atoms. The predicted octanol–water partition coefficient (Wildman–Crippen LogP) is 2.36. The first-order valence-electron chi connectivity index (χ1n) is 3.73. The highest BCUT2D eigenvalue weighted by atomic mass is 16.3. The van der Waals surface area contributed by atoms with E-state index in [0.717, 1.165) is 6.42 Å². The lowest BCUT2D eigenvalue weighted by Gasteiger charge is -2.36. The van der Waals surface area contributed by atoms with Crippen molar-refractivity contribution >= 4 is 0 Å². The van der Waals surface area contributed by atoms with Crippen LogP contribution in [-0.4, -0.2) is 10.7 Å². The Balaban J connectivity index is 4.48. The van der Waals surface area contributed by atoms with Gasteiger partial charge >= 0.3 is 0 Å². The molecule has 0 fully saturated rings. The van der Waals surface area contributed by atoms with Gasteiger partial charge in [-0.05, 0) is 11.8 Å². The molecule has 1 atom stereocenters. The van der Waals surface area contributed by atoms with Gasteiger partial charge in [-0.3, -0.25) is 0 Å². The average Bonchev–Trinajstić information content (AvgIpc) is 1.84. The zero-order chi connectivity index (χ0) is 8.41. The third kappa shape index (κ3) is 1.60. The van der Waals surface area contributed by atoms with Gasteiger partial charge < -0.3 is 5.11 Å². The molecule has 0 saturated carbocycles. The van der Waals surface area contributed by atoms with Crippen molar-refractivity contribution in [2.75, 3.05) is 0 Å². The Morgan fingerprint density at radius 3 is 1.80 bits per heavy atom. The fraction of sp³-hybridized carbons (Fsp3) is 0.778. The van der Waals surface area contributed by atoms with Gasteiger partial charge in [-0.25, -0.2) is 0 Å². The minimum absolute atomic E-state index is 0.108. The molecular formula is C9H18O. The lowest BCUT2D eigenvalue weighted by atomic mass is 9.75. The standard InChI is InChI=1S/C9H18O/c1-6-9(10,7-2)8(3,4)5/h6,10H,1,7H2,2-5H3. The largest absolute Gasteiger partial charge is 0.385 e. The van der Waals surface area contributed by atoms with Crippen LogP contribution in [0.5, 0.6) is 0 Å². The summed E-state index contributed by atoms with van der Waals surface area (Å²) in [6.45, 7) is 11.6. The lowest BCUT2D eigenvalue weighted by Crippen LogP contribution is -2.39. The Morgan fingerprint density at radius 1 is 1.40 bits per heavy atom. The van der Waals surface area contributed by atoms with Crippen molar-refractivity contribution in [3.8, 4) is 0 Å². The highest BCUT2D eigenvalue weighted by Crippen LogP contribution is 2.33. The van der Waals surface area contributed by atoms with Gasteiger partial charge in [0.15, 0.2) is 0 Å². The summed E-state index contributed by atoms with van der Waals surface area (Å²) in [6, 6.07) is 0. The molecule has 0 aliphatic rings. The molecule has 0 heterocycles. The smallest absolute Gasteiger partial charge is 0.0870 e. The van der Waals surface area contributed by atoms with Crippen molar-refractivity contribution in [1.82, 2.24) is 0 Å². The second kappa shape index (κ2) is 2.75. The van der Waals surface area contributed by atoms with Gasteiger partial charge in [-0.2, -0.15) is 0 Å². The first kappa shape index (κ1) is 9.70. The quantitative estimate of drug-likeness (QED) is 0.587. The zero-order valence-electron chi connectivity index (χ0n) is 7.44. The molecule has 0 amide bonds. The van der Waals surface area contributed by atoms with E-state index in [1.165, 1.54) is 0 Å². The summed E-state index contributed by atoms with van der Waals surface area (Å²) in [5.74, 6) is 0. The summed E-state index contributed by atoms with van der Waals surface area (Å²) in [6.07, 6.45) is 2.35. The van der Waals surface area contributed by atoms with Gasteiger partial charge in [0.2, 0.25) is 0 Å². The molecule has 10 heavy (non-hydrogen) atoms. The van der Waals surface area contributed by atoms with Crippen molar-refractivity contribution < 1.29 is 5.11 Å². The van der Waals surface area contributed by atoms with E-state index in [2.05, 4.69) is 6.58 Å². The summed E-state index contributed by atoms with van der Waals surface area (Å²) in [7, 11) is 0. The minimum Gasteiger partial charge on any atom is -0.385 e. The molecule has 0 saturated heterocycles. The Hall–Kier alpha value is -0.300. The first-order chi connectivity index (χ1) is 4.37. The van der Waals surface area contributed by atoms with Gasteiger partial charge in [0.05, 0.1) is 5.60 Å². The van der Waals surface area contributed by atoms with E-state index in [1.54, 1.807) is 6.08 Å². The molecule has 1 heteroatoms. The van der Waals surface area contributed by atoms with E-state index >= 15 is 0 Å². The van der Waals surface area contributed by atoms with Crippen molar-refractivity contribution in [2.24, 2.45) is 5.41 Å².